The third-order valence-corrected chi connectivity index (χ3v) is 3.23. The Bertz CT molecular complexity index is 609. The highest BCUT2D eigenvalue weighted by Gasteiger charge is 2.21. The Morgan fingerprint density at radius 3 is 2.67 bits per heavy atom. The maximum atomic E-state index is 12.1. The van der Waals surface area contributed by atoms with E-state index in [2.05, 4.69) is 10.6 Å². The molecule has 0 saturated carbocycles. The lowest BCUT2D eigenvalue weighted by Crippen LogP contribution is -2.46. The van der Waals surface area contributed by atoms with Crippen molar-refractivity contribution in [3.8, 4) is 11.5 Å². The first kappa shape index (κ1) is 17.9. The summed E-state index contributed by atoms with van der Waals surface area (Å²) in [4.78, 5) is 23.8. The van der Waals surface area contributed by atoms with E-state index >= 15 is 0 Å². The second-order valence-electron chi connectivity index (χ2n) is 6.53. The Morgan fingerprint density at radius 1 is 1.25 bits per heavy atom. The summed E-state index contributed by atoms with van der Waals surface area (Å²) in [5.74, 6) is 1.01. The average molecular weight is 336 g/mol. The number of nitrogens with one attached hydrogen (secondary N) is 2. The van der Waals surface area contributed by atoms with Crippen LogP contribution in [0.1, 0.15) is 33.3 Å². The summed E-state index contributed by atoms with van der Waals surface area (Å²) in [5.41, 5.74) is 0.214. The molecule has 0 radical (unpaired) electrons. The van der Waals surface area contributed by atoms with Gasteiger partial charge in [-0.25, -0.2) is 4.79 Å². The minimum Gasteiger partial charge on any atom is -0.486 e. The van der Waals surface area contributed by atoms with Crippen LogP contribution < -0.4 is 20.1 Å². The fourth-order valence-corrected chi connectivity index (χ4v) is 2.16. The molecule has 7 heteroatoms. The zero-order chi connectivity index (χ0) is 17.7. The number of amides is 2. The summed E-state index contributed by atoms with van der Waals surface area (Å²) in [6.07, 6.45) is -0.626. The number of carbonyl (C=O) groups is 2. The molecule has 0 bridgehead atoms. The van der Waals surface area contributed by atoms with Crippen molar-refractivity contribution in [3.05, 3.63) is 23.8 Å². The smallest absolute Gasteiger partial charge is 0.408 e. The fraction of sp³-hybridized carbons (Fsp3) is 0.529. The van der Waals surface area contributed by atoms with Gasteiger partial charge < -0.3 is 24.8 Å². The van der Waals surface area contributed by atoms with E-state index in [1.54, 1.807) is 27.7 Å². The zero-order valence-corrected chi connectivity index (χ0v) is 14.5. The molecule has 0 fully saturated rings. The molecular formula is C17H24N2O5. The van der Waals surface area contributed by atoms with Gasteiger partial charge in [-0.1, -0.05) is 12.1 Å². The van der Waals surface area contributed by atoms with Crippen molar-refractivity contribution >= 4 is 12.0 Å². The van der Waals surface area contributed by atoms with Crippen molar-refractivity contribution in [3.63, 3.8) is 0 Å². The Hall–Kier alpha value is -2.44. The van der Waals surface area contributed by atoms with Crippen molar-refractivity contribution in [1.82, 2.24) is 10.6 Å². The number of hydrogen-bond donors (Lipinski definition) is 2. The quantitative estimate of drug-likeness (QED) is 0.878. The molecule has 0 aliphatic carbocycles. The largest absolute Gasteiger partial charge is 0.486 e. The Labute approximate surface area is 141 Å². The molecule has 2 amide bonds. The van der Waals surface area contributed by atoms with Gasteiger partial charge in [0.1, 0.15) is 24.9 Å². The second-order valence-corrected chi connectivity index (χ2v) is 6.53. The van der Waals surface area contributed by atoms with Crippen molar-refractivity contribution in [2.45, 2.75) is 45.9 Å². The van der Waals surface area contributed by atoms with Crippen molar-refractivity contribution in [2.24, 2.45) is 0 Å². The summed E-state index contributed by atoms with van der Waals surface area (Å²) in [5, 5.41) is 5.28. The lowest BCUT2D eigenvalue weighted by molar-refractivity contribution is -0.122. The Balaban J connectivity index is 1.88. The van der Waals surface area contributed by atoms with Gasteiger partial charge in [-0.05, 0) is 33.8 Å². The molecule has 1 atom stereocenters. The molecule has 132 valence electrons. The van der Waals surface area contributed by atoms with Crippen LogP contribution in [0.2, 0.25) is 0 Å². The Kier molecular flexibility index (Phi) is 5.54. The van der Waals surface area contributed by atoms with Crippen molar-refractivity contribution in [1.29, 1.82) is 0 Å². The SMILES string of the molecule is C[C@@H](NC(=O)OC(C)(C)C)C(=O)NCc1cccc2c1OCCO2. The molecule has 1 heterocycles. The van der Waals surface area contributed by atoms with E-state index in [0.717, 1.165) is 5.56 Å². The summed E-state index contributed by atoms with van der Waals surface area (Å²) in [6, 6.07) is 4.82. The molecule has 7 nitrogen and oxygen atoms in total. The predicted molar refractivity (Wildman–Crippen MR) is 88.1 cm³/mol. The number of hydrogen-bond acceptors (Lipinski definition) is 5. The first-order valence-electron chi connectivity index (χ1n) is 7.91. The van der Waals surface area contributed by atoms with Gasteiger partial charge in [-0.2, -0.15) is 0 Å². The summed E-state index contributed by atoms with van der Waals surface area (Å²) < 4.78 is 16.2. The first-order chi connectivity index (χ1) is 11.3. The lowest BCUT2D eigenvalue weighted by atomic mass is 10.1. The van der Waals surface area contributed by atoms with Crippen LogP contribution in [0.25, 0.3) is 0 Å². The normalized spacial score (nSPS) is 14.5. The van der Waals surface area contributed by atoms with Gasteiger partial charge in [0.15, 0.2) is 11.5 Å². The van der Waals surface area contributed by atoms with Gasteiger partial charge in [0.05, 0.1) is 0 Å². The minimum atomic E-state index is -0.712. The van der Waals surface area contributed by atoms with Crippen molar-refractivity contribution in [2.75, 3.05) is 13.2 Å². The number of fused-ring (bicyclic) bond motifs is 1. The molecule has 1 aliphatic heterocycles. The monoisotopic (exact) mass is 336 g/mol. The summed E-state index contributed by atoms with van der Waals surface area (Å²) >= 11 is 0. The van der Waals surface area contributed by atoms with Gasteiger partial charge >= 0.3 is 6.09 Å². The van der Waals surface area contributed by atoms with Crippen LogP contribution in [0.5, 0.6) is 11.5 Å². The number of alkyl carbamates (subject to hydrolysis) is 1. The van der Waals surface area contributed by atoms with Gasteiger partial charge in [-0.15, -0.1) is 0 Å². The minimum absolute atomic E-state index is 0.283. The highest BCUT2D eigenvalue weighted by molar-refractivity contribution is 5.85. The molecule has 0 aromatic heterocycles. The second kappa shape index (κ2) is 7.42. The molecule has 1 aromatic rings. The first-order valence-corrected chi connectivity index (χ1v) is 7.91. The molecular weight excluding hydrogens is 312 g/mol. The molecule has 1 aliphatic rings. The standard InChI is InChI=1S/C17H24N2O5/c1-11(19-16(21)24-17(2,3)4)15(20)18-10-12-6-5-7-13-14(12)23-9-8-22-13/h5-7,11H,8-10H2,1-4H3,(H,18,20)(H,19,21)/t11-/m1/s1. The molecule has 0 spiro atoms. The summed E-state index contributed by atoms with van der Waals surface area (Å²) in [6.45, 7) is 8.16. The van der Waals surface area contributed by atoms with Gasteiger partial charge in [0, 0.05) is 12.1 Å². The van der Waals surface area contributed by atoms with Gasteiger partial charge in [-0.3, -0.25) is 4.79 Å². The van der Waals surface area contributed by atoms with E-state index in [9.17, 15) is 9.59 Å². The highest BCUT2D eigenvalue weighted by atomic mass is 16.6. The third-order valence-electron chi connectivity index (χ3n) is 3.23. The van der Waals surface area contributed by atoms with Crippen LogP contribution in [-0.2, 0) is 16.1 Å². The highest BCUT2D eigenvalue weighted by Crippen LogP contribution is 2.33. The molecule has 24 heavy (non-hydrogen) atoms. The topological polar surface area (TPSA) is 85.9 Å². The van der Waals surface area contributed by atoms with Crippen LogP contribution in [0.15, 0.2) is 18.2 Å². The number of ether oxygens (including phenoxy) is 3. The van der Waals surface area contributed by atoms with Gasteiger partial charge in [0.2, 0.25) is 5.91 Å². The van der Waals surface area contributed by atoms with E-state index in [4.69, 9.17) is 14.2 Å². The van der Waals surface area contributed by atoms with E-state index in [1.165, 1.54) is 0 Å². The van der Waals surface area contributed by atoms with E-state index in [0.29, 0.717) is 24.7 Å². The molecule has 2 N–H and O–H groups in total. The maximum Gasteiger partial charge on any atom is 0.408 e. The molecule has 1 aromatic carbocycles. The maximum absolute atomic E-state index is 12.1. The van der Waals surface area contributed by atoms with E-state index in [-0.39, 0.29) is 12.5 Å². The van der Waals surface area contributed by atoms with E-state index < -0.39 is 17.7 Å². The fourth-order valence-electron chi connectivity index (χ4n) is 2.16. The van der Waals surface area contributed by atoms with Crippen LogP contribution >= 0.6 is 0 Å². The Morgan fingerprint density at radius 2 is 1.96 bits per heavy atom. The van der Waals surface area contributed by atoms with Crippen LogP contribution in [0.3, 0.4) is 0 Å². The lowest BCUT2D eigenvalue weighted by Gasteiger charge is -2.22. The van der Waals surface area contributed by atoms with Crippen LogP contribution in [0.4, 0.5) is 4.79 Å². The zero-order valence-electron chi connectivity index (χ0n) is 14.5. The van der Waals surface area contributed by atoms with Gasteiger partial charge in [0.25, 0.3) is 0 Å². The number of para-hydroxylation sites is 1. The number of carbonyl (C=O) groups excluding carboxylic acids is 2. The predicted octanol–water partition coefficient (Wildman–Crippen LogP) is 1.99. The molecule has 0 saturated heterocycles. The number of rotatable bonds is 4. The average Bonchev–Trinajstić information content (AvgIpc) is 2.50. The van der Waals surface area contributed by atoms with E-state index in [1.807, 2.05) is 18.2 Å². The van der Waals surface area contributed by atoms with Crippen LogP contribution in [0, 0.1) is 0 Å². The third kappa shape index (κ3) is 5.04. The van der Waals surface area contributed by atoms with Crippen molar-refractivity contribution < 1.29 is 23.8 Å². The number of benzene rings is 1. The van der Waals surface area contributed by atoms with Crippen LogP contribution in [-0.4, -0.2) is 36.9 Å². The molecule has 2 rings (SSSR count). The molecule has 0 unspecified atom stereocenters. The summed E-state index contributed by atoms with van der Waals surface area (Å²) in [7, 11) is 0.